The first-order chi connectivity index (χ1) is 12.7. The van der Waals surface area contributed by atoms with Crippen molar-refractivity contribution in [2.24, 2.45) is 5.41 Å². The SMILES string of the molecule is CC1(C)CC(=O)c2cc(C(=O)Nc3ccccc3CC(=O)O)c(=O)[nH]c2C1. The highest BCUT2D eigenvalue weighted by Gasteiger charge is 2.32. The molecule has 7 nitrogen and oxygen atoms in total. The van der Waals surface area contributed by atoms with Crippen LogP contribution in [0.2, 0.25) is 0 Å². The second-order valence-corrected chi connectivity index (χ2v) is 7.53. The third-order valence-electron chi connectivity index (χ3n) is 4.57. The van der Waals surface area contributed by atoms with Crippen LogP contribution in [0.5, 0.6) is 0 Å². The van der Waals surface area contributed by atoms with Gasteiger partial charge in [-0.2, -0.15) is 0 Å². The number of fused-ring (bicyclic) bond motifs is 1. The van der Waals surface area contributed by atoms with Gasteiger partial charge in [-0.05, 0) is 29.5 Å². The molecule has 0 bridgehead atoms. The minimum Gasteiger partial charge on any atom is -0.481 e. The first-order valence-electron chi connectivity index (χ1n) is 8.57. The molecular formula is C20H20N2O5. The number of hydrogen-bond acceptors (Lipinski definition) is 4. The second kappa shape index (κ2) is 6.83. The molecule has 0 radical (unpaired) electrons. The number of carbonyl (C=O) groups is 3. The molecular weight excluding hydrogens is 348 g/mol. The molecule has 0 spiro atoms. The zero-order valence-electron chi connectivity index (χ0n) is 15.1. The van der Waals surface area contributed by atoms with E-state index in [0.29, 0.717) is 35.3 Å². The quantitative estimate of drug-likeness (QED) is 0.766. The van der Waals surface area contributed by atoms with Crippen LogP contribution < -0.4 is 10.9 Å². The van der Waals surface area contributed by atoms with E-state index in [0.717, 1.165) is 0 Å². The number of H-pyrrole nitrogens is 1. The molecule has 0 aliphatic heterocycles. The topological polar surface area (TPSA) is 116 Å². The third-order valence-corrected chi connectivity index (χ3v) is 4.57. The number of Topliss-reactive ketones (excluding diaryl/α,β-unsaturated/α-hetero) is 1. The van der Waals surface area contributed by atoms with Crippen LogP contribution in [0.3, 0.4) is 0 Å². The number of carboxylic acid groups (broad SMARTS) is 1. The molecule has 1 aliphatic carbocycles. The highest BCUT2D eigenvalue weighted by molar-refractivity contribution is 6.07. The zero-order valence-corrected chi connectivity index (χ0v) is 15.1. The predicted octanol–water partition coefficient (Wildman–Crippen LogP) is 2.41. The maximum absolute atomic E-state index is 12.6. The fraction of sp³-hybridized carbons (Fsp3) is 0.300. The summed E-state index contributed by atoms with van der Waals surface area (Å²) in [4.78, 5) is 51.0. The van der Waals surface area contributed by atoms with Crippen molar-refractivity contribution in [3.8, 4) is 0 Å². The molecule has 27 heavy (non-hydrogen) atoms. The van der Waals surface area contributed by atoms with Gasteiger partial charge in [0.05, 0.1) is 6.42 Å². The number of aliphatic carboxylic acids is 1. The van der Waals surface area contributed by atoms with Gasteiger partial charge in [-0.15, -0.1) is 0 Å². The number of carboxylic acids is 1. The van der Waals surface area contributed by atoms with Crippen LogP contribution >= 0.6 is 0 Å². The number of benzene rings is 1. The average molecular weight is 368 g/mol. The van der Waals surface area contributed by atoms with Crippen molar-refractivity contribution in [2.45, 2.75) is 33.1 Å². The molecule has 0 unspecified atom stereocenters. The lowest BCUT2D eigenvalue weighted by atomic mass is 9.75. The summed E-state index contributed by atoms with van der Waals surface area (Å²) < 4.78 is 0. The largest absolute Gasteiger partial charge is 0.481 e. The summed E-state index contributed by atoms with van der Waals surface area (Å²) in [5.74, 6) is -1.83. The van der Waals surface area contributed by atoms with E-state index in [2.05, 4.69) is 10.3 Å². The number of amides is 1. The molecule has 2 aromatic rings. The van der Waals surface area contributed by atoms with Crippen molar-refractivity contribution in [3.63, 3.8) is 0 Å². The normalized spacial score (nSPS) is 15.1. The third kappa shape index (κ3) is 3.97. The molecule has 0 fully saturated rings. The van der Waals surface area contributed by atoms with Gasteiger partial charge in [0.25, 0.3) is 11.5 Å². The zero-order chi connectivity index (χ0) is 19.8. The summed E-state index contributed by atoms with van der Waals surface area (Å²) in [6, 6.07) is 7.81. The number of aromatic nitrogens is 1. The first-order valence-corrected chi connectivity index (χ1v) is 8.57. The summed E-state index contributed by atoms with van der Waals surface area (Å²) >= 11 is 0. The summed E-state index contributed by atoms with van der Waals surface area (Å²) in [5, 5.41) is 11.6. The van der Waals surface area contributed by atoms with Crippen LogP contribution in [0, 0.1) is 5.41 Å². The molecule has 1 heterocycles. The van der Waals surface area contributed by atoms with Crippen molar-refractivity contribution in [2.75, 3.05) is 5.32 Å². The first kappa shape index (κ1) is 18.6. The predicted molar refractivity (Wildman–Crippen MR) is 99.2 cm³/mol. The van der Waals surface area contributed by atoms with Gasteiger partial charge in [-0.25, -0.2) is 0 Å². The van der Waals surface area contributed by atoms with Gasteiger partial charge in [0, 0.05) is 23.4 Å². The summed E-state index contributed by atoms with van der Waals surface area (Å²) in [6.45, 7) is 3.90. The molecule has 7 heteroatoms. The van der Waals surface area contributed by atoms with E-state index < -0.39 is 17.4 Å². The smallest absolute Gasteiger partial charge is 0.307 e. The Morgan fingerprint density at radius 2 is 1.89 bits per heavy atom. The number of ketones is 1. The van der Waals surface area contributed by atoms with Crippen molar-refractivity contribution in [1.29, 1.82) is 0 Å². The Kier molecular flexibility index (Phi) is 4.70. The van der Waals surface area contributed by atoms with Crippen molar-refractivity contribution >= 4 is 23.3 Å². The molecule has 3 N–H and O–H groups in total. The molecule has 1 amide bonds. The Morgan fingerprint density at radius 3 is 2.59 bits per heavy atom. The molecule has 0 saturated carbocycles. The molecule has 0 atom stereocenters. The van der Waals surface area contributed by atoms with Crippen LogP contribution in [0.1, 0.15) is 52.2 Å². The fourth-order valence-electron chi connectivity index (χ4n) is 3.35. The highest BCUT2D eigenvalue weighted by Crippen LogP contribution is 2.33. The summed E-state index contributed by atoms with van der Waals surface area (Å²) in [7, 11) is 0. The number of nitrogens with one attached hydrogen (secondary N) is 2. The number of hydrogen-bond donors (Lipinski definition) is 3. The minimum absolute atomic E-state index is 0.113. The number of pyridine rings is 1. The van der Waals surface area contributed by atoms with Crippen LogP contribution in [0.25, 0.3) is 0 Å². The molecule has 140 valence electrons. The van der Waals surface area contributed by atoms with Gasteiger partial charge in [0.15, 0.2) is 5.78 Å². The van der Waals surface area contributed by atoms with Gasteiger partial charge in [0.2, 0.25) is 0 Å². The van der Waals surface area contributed by atoms with E-state index in [-0.39, 0.29) is 23.2 Å². The van der Waals surface area contributed by atoms with Crippen molar-refractivity contribution in [1.82, 2.24) is 4.98 Å². The Balaban J connectivity index is 1.93. The Hall–Kier alpha value is -3.22. The lowest BCUT2D eigenvalue weighted by molar-refractivity contribution is -0.136. The Labute approximate surface area is 155 Å². The fourth-order valence-corrected chi connectivity index (χ4v) is 3.35. The van der Waals surface area contributed by atoms with Crippen molar-refractivity contribution in [3.05, 3.63) is 63.1 Å². The van der Waals surface area contributed by atoms with Gasteiger partial charge in [-0.3, -0.25) is 19.2 Å². The molecule has 3 rings (SSSR count). The van der Waals surface area contributed by atoms with E-state index in [4.69, 9.17) is 5.11 Å². The van der Waals surface area contributed by atoms with E-state index in [1.807, 2.05) is 13.8 Å². The number of aromatic amines is 1. The number of rotatable bonds is 4. The van der Waals surface area contributed by atoms with Gasteiger partial charge >= 0.3 is 5.97 Å². The molecule has 0 saturated heterocycles. The van der Waals surface area contributed by atoms with Gasteiger partial charge < -0.3 is 15.4 Å². The second-order valence-electron chi connectivity index (χ2n) is 7.53. The number of para-hydroxylation sites is 1. The van der Waals surface area contributed by atoms with Crippen LogP contribution in [-0.4, -0.2) is 27.8 Å². The van der Waals surface area contributed by atoms with Gasteiger partial charge in [-0.1, -0.05) is 32.0 Å². The lowest BCUT2D eigenvalue weighted by Gasteiger charge is -2.29. The van der Waals surface area contributed by atoms with E-state index in [1.54, 1.807) is 24.3 Å². The number of carbonyl (C=O) groups excluding carboxylic acids is 2. The van der Waals surface area contributed by atoms with Crippen LogP contribution in [0.4, 0.5) is 5.69 Å². The molecule has 1 aliphatic rings. The van der Waals surface area contributed by atoms with Crippen LogP contribution in [-0.2, 0) is 17.6 Å². The summed E-state index contributed by atoms with van der Waals surface area (Å²) in [6.07, 6.45) is 0.631. The maximum Gasteiger partial charge on any atom is 0.307 e. The van der Waals surface area contributed by atoms with Gasteiger partial charge in [0.1, 0.15) is 5.56 Å². The Morgan fingerprint density at radius 1 is 1.19 bits per heavy atom. The minimum atomic E-state index is -1.03. The maximum atomic E-state index is 12.6. The molecule has 1 aromatic carbocycles. The van der Waals surface area contributed by atoms with Crippen molar-refractivity contribution < 1.29 is 19.5 Å². The summed E-state index contributed by atoms with van der Waals surface area (Å²) in [5.41, 5.74) is 0.647. The lowest BCUT2D eigenvalue weighted by Crippen LogP contribution is -2.33. The Bertz CT molecular complexity index is 1000. The van der Waals surface area contributed by atoms with Crippen LogP contribution in [0.15, 0.2) is 35.1 Å². The monoisotopic (exact) mass is 368 g/mol. The van der Waals surface area contributed by atoms with E-state index >= 15 is 0 Å². The highest BCUT2D eigenvalue weighted by atomic mass is 16.4. The molecule has 1 aromatic heterocycles. The average Bonchev–Trinajstić information content (AvgIpc) is 2.54. The standard InChI is InChI=1S/C20H20N2O5/c1-20(2)9-15-12(16(23)10-20)8-13(19(27)22-15)18(26)21-14-6-4-3-5-11(14)7-17(24)25/h3-6,8H,7,9-10H2,1-2H3,(H,21,26)(H,22,27)(H,24,25). The van der Waals surface area contributed by atoms with E-state index in [9.17, 15) is 19.2 Å². The van der Waals surface area contributed by atoms with E-state index in [1.165, 1.54) is 6.07 Å². The number of anilines is 1.